The fraction of sp³-hybridized carbons (Fsp3) is 0.300. The number of amides is 1. The molecule has 1 amide bonds. The molecule has 2 rings (SSSR count). The van der Waals surface area contributed by atoms with Gasteiger partial charge in [0.25, 0.3) is 0 Å². The Labute approximate surface area is 162 Å². The number of nitriles is 1. The number of hydrogen-bond acceptors (Lipinski definition) is 6. The third-order valence-electron chi connectivity index (χ3n) is 3.56. The average Bonchev–Trinajstić information content (AvgIpc) is 2.66. The van der Waals surface area contributed by atoms with Crippen molar-refractivity contribution in [3.05, 3.63) is 47.7 Å². The largest absolute Gasteiger partial charge is 0.427 e. The van der Waals surface area contributed by atoms with Crippen LogP contribution < -0.4 is 10.1 Å². The highest BCUT2D eigenvalue weighted by Crippen LogP contribution is 2.22. The van der Waals surface area contributed by atoms with E-state index in [-0.39, 0.29) is 11.7 Å². The van der Waals surface area contributed by atoms with Gasteiger partial charge in [0.05, 0.1) is 11.3 Å². The number of carbonyl (C=O) groups excluding carboxylic acids is 2. The summed E-state index contributed by atoms with van der Waals surface area (Å²) in [7, 11) is 0. The number of esters is 1. The monoisotopic (exact) mass is 383 g/mol. The van der Waals surface area contributed by atoms with E-state index in [0.717, 1.165) is 25.0 Å². The summed E-state index contributed by atoms with van der Waals surface area (Å²) in [5, 5.41) is 12.6. The van der Waals surface area contributed by atoms with Crippen LogP contribution in [0.15, 0.2) is 41.4 Å². The van der Waals surface area contributed by atoms with Gasteiger partial charge in [0.1, 0.15) is 16.8 Å². The summed E-state index contributed by atoms with van der Waals surface area (Å²) in [6.45, 7) is 3.44. The molecule has 6 nitrogen and oxygen atoms in total. The van der Waals surface area contributed by atoms with E-state index >= 15 is 0 Å². The minimum atomic E-state index is -0.398. The zero-order chi connectivity index (χ0) is 19.6. The minimum absolute atomic E-state index is 0.143. The number of thioether (sulfide) groups is 1. The van der Waals surface area contributed by atoms with Gasteiger partial charge < -0.3 is 10.1 Å². The first kappa shape index (κ1) is 20.5. The Balaban J connectivity index is 1.94. The molecule has 140 valence electrons. The molecule has 0 aliphatic heterocycles. The number of carbonyl (C=O) groups is 2. The molecule has 0 atom stereocenters. The normalized spacial score (nSPS) is 10.1. The third-order valence-corrected chi connectivity index (χ3v) is 4.56. The van der Waals surface area contributed by atoms with Crippen molar-refractivity contribution in [2.24, 2.45) is 0 Å². The second-order valence-corrected chi connectivity index (χ2v) is 6.79. The van der Waals surface area contributed by atoms with E-state index in [2.05, 4.69) is 23.3 Å². The maximum absolute atomic E-state index is 12.2. The zero-order valence-corrected chi connectivity index (χ0v) is 16.1. The molecule has 0 spiro atoms. The summed E-state index contributed by atoms with van der Waals surface area (Å²) >= 11 is 1.24. The molecule has 0 aliphatic rings. The molecule has 0 saturated carbocycles. The number of nitrogens with one attached hydrogen (secondary N) is 1. The molecule has 0 fully saturated rings. The summed E-state index contributed by atoms with van der Waals surface area (Å²) in [6.07, 6.45) is 2.96. The van der Waals surface area contributed by atoms with Crippen molar-refractivity contribution in [3.8, 4) is 11.8 Å². The van der Waals surface area contributed by atoms with Gasteiger partial charge in [-0.15, -0.1) is 0 Å². The Kier molecular flexibility index (Phi) is 7.83. The fourth-order valence-corrected chi connectivity index (χ4v) is 3.07. The SMILES string of the molecule is CCCCc1ccc(C#N)c(SCC(=O)Nc2ccc(OC(C)=O)cc2)n1. The number of ether oxygens (including phenoxy) is 1. The molecule has 0 radical (unpaired) electrons. The molecular formula is C20H21N3O3S. The van der Waals surface area contributed by atoms with Gasteiger partial charge in [-0.1, -0.05) is 25.1 Å². The summed E-state index contributed by atoms with van der Waals surface area (Å²) in [4.78, 5) is 27.6. The number of aromatic nitrogens is 1. The third kappa shape index (κ3) is 6.76. The highest BCUT2D eigenvalue weighted by atomic mass is 32.2. The van der Waals surface area contributed by atoms with E-state index in [0.29, 0.717) is 22.0 Å². The number of nitrogens with zero attached hydrogens (tertiary/aromatic N) is 2. The van der Waals surface area contributed by atoms with Crippen LogP contribution in [0, 0.1) is 11.3 Å². The van der Waals surface area contributed by atoms with Crippen molar-refractivity contribution in [2.75, 3.05) is 11.1 Å². The number of aryl methyl sites for hydroxylation is 1. The number of rotatable bonds is 8. The van der Waals surface area contributed by atoms with Crippen LogP contribution in [-0.2, 0) is 16.0 Å². The predicted molar refractivity (Wildman–Crippen MR) is 105 cm³/mol. The van der Waals surface area contributed by atoms with Gasteiger partial charge >= 0.3 is 5.97 Å². The van der Waals surface area contributed by atoms with Crippen LogP contribution in [0.4, 0.5) is 5.69 Å². The lowest BCUT2D eigenvalue weighted by Crippen LogP contribution is -2.14. The van der Waals surface area contributed by atoms with E-state index in [1.54, 1.807) is 30.3 Å². The van der Waals surface area contributed by atoms with Crippen molar-refractivity contribution in [1.82, 2.24) is 4.98 Å². The summed E-state index contributed by atoms with van der Waals surface area (Å²) in [6, 6.07) is 12.3. The lowest BCUT2D eigenvalue weighted by Gasteiger charge is -2.08. The maximum Gasteiger partial charge on any atom is 0.308 e. The Hall–Kier alpha value is -2.85. The standard InChI is InChI=1S/C20H21N3O3S/c1-3-4-5-16-7-6-15(12-21)20(23-16)27-13-19(25)22-17-8-10-18(11-9-17)26-14(2)24/h6-11H,3-5,13H2,1-2H3,(H,22,25). The molecule has 1 aromatic heterocycles. The maximum atomic E-state index is 12.2. The Bertz CT molecular complexity index is 845. The molecule has 1 aromatic carbocycles. The smallest absolute Gasteiger partial charge is 0.308 e. The number of anilines is 1. The van der Waals surface area contributed by atoms with Gasteiger partial charge in [-0.05, 0) is 49.2 Å². The quantitative estimate of drug-likeness (QED) is 0.421. The Morgan fingerprint density at radius 2 is 1.96 bits per heavy atom. The van der Waals surface area contributed by atoms with Crippen LogP contribution in [-0.4, -0.2) is 22.6 Å². The highest BCUT2D eigenvalue weighted by Gasteiger charge is 2.10. The molecule has 0 bridgehead atoms. The zero-order valence-electron chi connectivity index (χ0n) is 15.3. The van der Waals surface area contributed by atoms with Crippen LogP contribution in [0.25, 0.3) is 0 Å². The van der Waals surface area contributed by atoms with Crippen LogP contribution in [0.3, 0.4) is 0 Å². The molecule has 0 aliphatic carbocycles. The lowest BCUT2D eigenvalue weighted by molar-refractivity contribution is -0.131. The van der Waals surface area contributed by atoms with Gasteiger partial charge in [-0.2, -0.15) is 5.26 Å². The highest BCUT2D eigenvalue weighted by molar-refractivity contribution is 8.00. The molecule has 1 N–H and O–H groups in total. The first-order chi connectivity index (χ1) is 13.0. The fourth-order valence-electron chi connectivity index (χ4n) is 2.27. The Morgan fingerprint density at radius 1 is 1.22 bits per heavy atom. The number of hydrogen-bond donors (Lipinski definition) is 1. The molecule has 7 heteroatoms. The second-order valence-electron chi connectivity index (χ2n) is 5.83. The van der Waals surface area contributed by atoms with Gasteiger partial charge in [-0.25, -0.2) is 4.98 Å². The molecule has 27 heavy (non-hydrogen) atoms. The van der Waals surface area contributed by atoms with Crippen molar-refractivity contribution in [3.63, 3.8) is 0 Å². The number of unbranched alkanes of at least 4 members (excludes halogenated alkanes) is 1. The topological polar surface area (TPSA) is 92.1 Å². The number of benzene rings is 1. The summed E-state index contributed by atoms with van der Waals surface area (Å²) < 4.78 is 4.95. The van der Waals surface area contributed by atoms with E-state index < -0.39 is 5.97 Å². The van der Waals surface area contributed by atoms with Crippen molar-refractivity contribution in [2.45, 2.75) is 38.1 Å². The van der Waals surface area contributed by atoms with E-state index in [4.69, 9.17) is 4.74 Å². The first-order valence-corrected chi connectivity index (χ1v) is 9.61. The molecule has 0 unspecified atom stereocenters. The lowest BCUT2D eigenvalue weighted by atomic mass is 10.2. The molecule has 0 saturated heterocycles. The van der Waals surface area contributed by atoms with Crippen LogP contribution in [0.2, 0.25) is 0 Å². The Morgan fingerprint density at radius 3 is 2.59 bits per heavy atom. The van der Waals surface area contributed by atoms with Gasteiger partial charge in [0, 0.05) is 18.3 Å². The van der Waals surface area contributed by atoms with Crippen molar-refractivity contribution >= 4 is 29.3 Å². The van der Waals surface area contributed by atoms with Gasteiger partial charge in [0.15, 0.2) is 0 Å². The minimum Gasteiger partial charge on any atom is -0.427 e. The van der Waals surface area contributed by atoms with Gasteiger partial charge in [0.2, 0.25) is 5.91 Å². The summed E-state index contributed by atoms with van der Waals surface area (Å²) in [5.41, 5.74) is 2.00. The van der Waals surface area contributed by atoms with Crippen LogP contribution >= 0.6 is 11.8 Å². The van der Waals surface area contributed by atoms with E-state index in [1.165, 1.54) is 18.7 Å². The van der Waals surface area contributed by atoms with E-state index in [9.17, 15) is 14.9 Å². The molecule has 1 heterocycles. The van der Waals surface area contributed by atoms with Crippen LogP contribution in [0.5, 0.6) is 5.75 Å². The number of pyridine rings is 1. The van der Waals surface area contributed by atoms with Gasteiger partial charge in [-0.3, -0.25) is 9.59 Å². The predicted octanol–water partition coefficient (Wildman–Crippen LogP) is 3.95. The van der Waals surface area contributed by atoms with Crippen molar-refractivity contribution in [1.29, 1.82) is 5.26 Å². The molecule has 2 aromatic rings. The van der Waals surface area contributed by atoms with E-state index in [1.807, 2.05) is 6.07 Å². The van der Waals surface area contributed by atoms with Crippen molar-refractivity contribution < 1.29 is 14.3 Å². The second kappa shape index (κ2) is 10.3. The first-order valence-electron chi connectivity index (χ1n) is 8.63. The van der Waals surface area contributed by atoms with Crippen LogP contribution in [0.1, 0.15) is 37.9 Å². The average molecular weight is 383 g/mol. The molecular weight excluding hydrogens is 362 g/mol. The summed E-state index contributed by atoms with van der Waals surface area (Å²) in [5.74, 6) is -0.0402.